The molecule has 0 atom stereocenters. The lowest BCUT2D eigenvalue weighted by atomic mass is 10.3. The molecule has 0 aromatic heterocycles. The van der Waals surface area contributed by atoms with E-state index >= 15 is 0 Å². The van der Waals surface area contributed by atoms with Gasteiger partial charge in [-0.15, -0.1) is 0 Å². The van der Waals surface area contributed by atoms with E-state index in [1.165, 1.54) is 0 Å². The van der Waals surface area contributed by atoms with Gasteiger partial charge in [0.05, 0.1) is 5.69 Å². The molecule has 1 rings (SSSR count). The second-order valence-corrected chi connectivity index (χ2v) is 3.35. The highest BCUT2D eigenvalue weighted by Gasteiger charge is 2.18. The molecule has 1 aromatic carbocycles. The lowest BCUT2D eigenvalue weighted by Gasteiger charge is -2.15. The molecule has 0 aliphatic carbocycles. The van der Waals surface area contributed by atoms with Crippen LogP contribution in [-0.4, -0.2) is 11.8 Å². The van der Waals surface area contributed by atoms with Gasteiger partial charge in [0.1, 0.15) is 0 Å². The lowest BCUT2D eigenvalue weighted by Crippen LogP contribution is -2.45. The summed E-state index contributed by atoms with van der Waals surface area (Å²) in [7, 11) is 0. The molecule has 0 heterocycles. The molecule has 5 nitrogen and oxygen atoms in total. The Morgan fingerprint density at radius 1 is 1.29 bits per heavy atom. The SMILES string of the molecule is NC(=O)C(=O)N(N)c1ccccc1Br. The molecule has 0 aliphatic heterocycles. The number of amides is 2. The Kier molecular flexibility index (Phi) is 3.21. The predicted octanol–water partition coefficient (Wildman–Crippen LogP) is 0.141. The summed E-state index contributed by atoms with van der Waals surface area (Å²) in [5, 5.41) is 0.701. The van der Waals surface area contributed by atoms with E-state index in [2.05, 4.69) is 15.9 Å². The first-order valence-corrected chi connectivity index (χ1v) is 4.46. The molecule has 0 spiro atoms. The van der Waals surface area contributed by atoms with E-state index in [1.807, 2.05) is 0 Å². The highest BCUT2D eigenvalue weighted by molar-refractivity contribution is 9.10. The van der Waals surface area contributed by atoms with Gasteiger partial charge in [-0.25, -0.2) is 10.9 Å². The average molecular weight is 258 g/mol. The van der Waals surface area contributed by atoms with Gasteiger partial charge >= 0.3 is 11.8 Å². The van der Waals surface area contributed by atoms with E-state index in [0.29, 0.717) is 15.2 Å². The topological polar surface area (TPSA) is 89.4 Å². The fourth-order valence-corrected chi connectivity index (χ4v) is 1.35. The predicted molar refractivity (Wildman–Crippen MR) is 55.0 cm³/mol. The summed E-state index contributed by atoms with van der Waals surface area (Å²) in [4.78, 5) is 21.7. The Labute approximate surface area is 88.8 Å². The summed E-state index contributed by atoms with van der Waals surface area (Å²) in [6.07, 6.45) is 0. The van der Waals surface area contributed by atoms with E-state index in [-0.39, 0.29) is 0 Å². The van der Waals surface area contributed by atoms with Gasteiger partial charge in [0.25, 0.3) is 0 Å². The monoisotopic (exact) mass is 257 g/mol. The first-order valence-electron chi connectivity index (χ1n) is 3.67. The highest BCUT2D eigenvalue weighted by atomic mass is 79.9. The number of rotatable bonds is 1. The van der Waals surface area contributed by atoms with E-state index in [0.717, 1.165) is 0 Å². The molecule has 14 heavy (non-hydrogen) atoms. The zero-order chi connectivity index (χ0) is 10.7. The molecule has 0 unspecified atom stereocenters. The summed E-state index contributed by atoms with van der Waals surface area (Å²) in [6, 6.07) is 6.73. The normalized spacial score (nSPS) is 9.57. The van der Waals surface area contributed by atoms with Gasteiger partial charge in [-0.1, -0.05) is 12.1 Å². The molecule has 2 amide bonds. The van der Waals surface area contributed by atoms with Crippen molar-refractivity contribution in [3.05, 3.63) is 28.7 Å². The number of hydrazine groups is 1. The molecule has 0 bridgehead atoms. The first kappa shape index (κ1) is 10.7. The Morgan fingerprint density at radius 3 is 2.36 bits per heavy atom. The molecular formula is C8H8BrN3O2. The number of para-hydroxylation sites is 1. The molecule has 0 saturated carbocycles. The number of hydrogen-bond donors (Lipinski definition) is 2. The van der Waals surface area contributed by atoms with Crippen molar-refractivity contribution in [3.63, 3.8) is 0 Å². The van der Waals surface area contributed by atoms with Crippen LogP contribution < -0.4 is 16.6 Å². The summed E-state index contributed by atoms with van der Waals surface area (Å²) in [5.41, 5.74) is 5.18. The van der Waals surface area contributed by atoms with Crippen LogP contribution in [0.25, 0.3) is 0 Å². The van der Waals surface area contributed by atoms with Crippen molar-refractivity contribution in [1.82, 2.24) is 0 Å². The maximum atomic E-state index is 11.1. The largest absolute Gasteiger partial charge is 0.361 e. The molecule has 1 aromatic rings. The van der Waals surface area contributed by atoms with E-state index in [4.69, 9.17) is 11.6 Å². The number of hydrogen-bond acceptors (Lipinski definition) is 3. The standard InChI is InChI=1S/C8H8BrN3O2/c9-5-3-1-2-4-6(5)12(11)8(14)7(10)13/h1-4H,11H2,(H2,10,13). The summed E-state index contributed by atoms with van der Waals surface area (Å²) in [5.74, 6) is 3.34. The van der Waals surface area contributed by atoms with Gasteiger partial charge in [0, 0.05) is 4.47 Å². The number of benzene rings is 1. The summed E-state index contributed by atoms with van der Waals surface area (Å²) >= 11 is 3.19. The van der Waals surface area contributed by atoms with Gasteiger partial charge < -0.3 is 5.73 Å². The van der Waals surface area contributed by atoms with Crippen molar-refractivity contribution in [2.45, 2.75) is 0 Å². The minimum atomic E-state index is -1.09. The van der Waals surface area contributed by atoms with Crippen LogP contribution in [0, 0.1) is 0 Å². The van der Waals surface area contributed by atoms with Crippen LogP contribution in [0.15, 0.2) is 28.7 Å². The zero-order valence-corrected chi connectivity index (χ0v) is 8.69. The van der Waals surface area contributed by atoms with Crippen molar-refractivity contribution in [1.29, 1.82) is 0 Å². The summed E-state index contributed by atoms with van der Waals surface area (Å²) < 4.78 is 0.608. The number of carbonyl (C=O) groups is 2. The first-order chi connectivity index (χ1) is 6.54. The van der Waals surface area contributed by atoms with E-state index in [1.54, 1.807) is 24.3 Å². The van der Waals surface area contributed by atoms with Crippen LogP contribution in [0.1, 0.15) is 0 Å². The van der Waals surface area contributed by atoms with Crippen molar-refractivity contribution in [2.24, 2.45) is 11.6 Å². The fraction of sp³-hybridized carbons (Fsp3) is 0. The minimum Gasteiger partial charge on any atom is -0.361 e. The molecule has 0 fully saturated rings. The quantitative estimate of drug-likeness (QED) is 0.325. The average Bonchev–Trinajstić information content (AvgIpc) is 2.16. The molecule has 4 N–H and O–H groups in total. The molecule has 74 valence electrons. The van der Waals surface area contributed by atoms with E-state index < -0.39 is 11.8 Å². The highest BCUT2D eigenvalue weighted by Crippen LogP contribution is 2.23. The zero-order valence-electron chi connectivity index (χ0n) is 7.11. The van der Waals surface area contributed by atoms with Crippen molar-refractivity contribution >= 4 is 33.4 Å². The smallest absolute Gasteiger partial charge is 0.330 e. The number of halogens is 1. The number of anilines is 1. The van der Waals surface area contributed by atoms with Gasteiger partial charge in [0.15, 0.2) is 0 Å². The van der Waals surface area contributed by atoms with Crippen LogP contribution in [0.5, 0.6) is 0 Å². The Hall–Kier alpha value is -1.40. The van der Waals surface area contributed by atoms with Crippen LogP contribution in [0.3, 0.4) is 0 Å². The van der Waals surface area contributed by atoms with Crippen LogP contribution >= 0.6 is 15.9 Å². The Balaban J connectivity index is 3.01. The van der Waals surface area contributed by atoms with Crippen molar-refractivity contribution < 1.29 is 9.59 Å². The van der Waals surface area contributed by atoms with Crippen LogP contribution in [0.4, 0.5) is 5.69 Å². The second kappa shape index (κ2) is 4.21. The van der Waals surface area contributed by atoms with Gasteiger partial charge in [-0.2, -0.15) is 0 Å². The molecule has 0 saturated heterocycles. The maximum absolute atomic E-state index is 11.1. The minimum absolute atomic E-state index is 0.385. The van der Waals surface area contributed by atoms with Crippen molar-refractivity contribution in [2.75, 3.05) is 5.01 Å². The van der Waals surface area contributed by atoms with Crippen LogP contribution in [0.2, 0.25) is 0 Å². The number of primary amides is 1. The third-order valence-corrected chi connectivity index (χ3v) is 2.21. The lowest BCUT2D eigenvalue weighted by molar-refractivity contribution is -0.135. The molecular weight excluding hydrogens is 250 g/mol. The third-order valence-electron chi connectivity index (χ3n) is 1.54. The van der Waals surface area contributed by atoms with Crippen molar-refractivity contribution in [3.8, 4) is 0 Å². The van der Waals surface area contributed by atoms with Gasteiger partial charge in [-0.3, -0.25) is 9.59 Å². The fourth-order valence-electron chi connectivity index (χ4n) is 0.875. The molecule has 0 radical (unpaired) electrons. The molecule has 6 heteroatoms. The number of nitrogens with two attached hydrogens (primary N) is 2. The second-order valence-electron chi connectivity index (χ2n) is 2.49. The van der Waals surface area contributed by atoms with Gasteiger partial charge in [-0.05, 0) is 28.1 Å². The Bertz CT molecular complexity index is 381. The van der Waals surface area contributed by atoms with E-state index in [9.17, 15) is 9.59 Å². The molecule has 0 aliphatic rings. The number of carbonyl (C=O) groups excluding carboxylic acids is 2. The van der Waals surface area contributed by atoms with Gasteiger partial charge in [0.2, 0.25) is 0 Å². The number of nitrogens with zero attached hydrogens (tertiary/aromatic N) is 1. The van der Waals surface area contributed by atoms with Crippen LogP contribution in [-0.2, 0) is 9.59 Å². The third kappa shape index (κ3) is 2.09. The summed E-state index contributed by atoms with van der Waals surface area (Å²) in [6.45, 7) is 0. The maximum Gasteiger partial charge on any atom is 0.330 e. The Morgan fingerprint density at radius 2 is 1.86 bits per heavy atom.